The number of sulfonamides is 1. The standard InChI is InChI=1S/C16H17ClN2O4S/c1-23-15-7-4-12(17)10-14(15)16(20)19-9-8-11-2-5-13(6-3-11)24(18,21)22/h2-7,10H,8-9H2,1H3,(H,19,20)(H2,18,21,22)/i1D3. The molecule has 2 aromatic carbocycles. The molecule has 0 saturated carbocycles. The lowest BCUT2D eigenvalue weighted by molar-refractivity contribution is 0.0951. The van der Waals surface area contributed by atoms with Crippen molar-refractivity contribution in [2.45, 2.75) is 11.3 Å². The molecule has 0 atom stereocenters. The van der Waals surface area contributed by atoms with Gasteiger partial charge in [-0.3, -0.25) is 4.79 Å². The number of primary sulfonamides is 1. The van der Waals surface area contributed by atoms with Crippen LogP contribution >= 0.6 is 11.6 Å². The predicted molar refractivity (Wildman–Crippen MR) is 91.9 cm³/mol. The second kappa shape index (κ2) is 7.65. The summed E-state index contributed by atoms with van der Waals surface area (Å²) in [6.07, 6.45) is 0.423. The lowest BCUT2D eigenvalue weighted by atomic mass is 10.1. The van der Waals surface area contributed by atoms with Gasteiger partial charge < -0.3 is 10.1 Å². The lowest BCUT2D eigenvalue weighted by Gasteiger charge is -2.10. The highest BCUT2D eigenvalue weighted by molar-refractivity contribution is 7.89. The number of benzene rings is 2. The van der Waals surface area contributed by atoms with Crippen molar-refractivity contribution >= 4 is 27.5 Å². The zero-order valence-corrected chi connectivity index (χ0v) is 14.0. The molecule has 0 fully saturated rings. The van der Waals surface area contributed by atoms with Gasteiger partial charge in [-0.1, -0.05) is 23.7 Å². The zero-order chi connectivity index (χ0) is 20.2. The van der Waals surface area contributed by atoms with Gasteiger partial charge in [0.1, 0.15) is 5.75 Å². The Balaban J connectivity index is 2.03. The molecular formula is C16H17ClN2O4S. The second-order valence-electron chi connectivity index (χ2n) is 4.94. The number of hydrogen-bond donors (Lipinski definition) is 2. The van der Waals surface area contributed by atoms with Gasteiger partial charge in [-0.15, -0.1) is 0 Å². The largest absolute Gasteiger partial charge is 0.496 e. The number of amides is 1. The van der Waals surface area contributed by atoms with Gasteiger partial charge in [-0.2, -0.15) is 0 Å². The molecule has 24 heavy (non-hydrogen) atoms. The van der Waals surface area contributed by atoms with E-state index >= 15 is 0 Å². The topological polar surface area (TPSA) is 98.5 Å². The average molecular weight is 372 g/mol. The van der Waals surface area contributed by atoms with Crippen molar-refractivity contribution in [3.63, 3.8) is 0 Å². The smallest absolute Gasteiger partial charge is 0.255 e. The van der Waals surface area contributed by atoms with E-state index in [1.807, 2.05) is 0 Å². The molecule has 0 unspecified atom stereocenters. The van der Waals surface area contributed by atoms with Crippen LogP contribution in [0.25, 0.3) is 0 Å². The monoisotopic (exact) mass is 371 g/mol. The van der Waals surface area contributed by atoms with Gasteiger partial charge >= 0.3 is 0 Å². The number of halogens is 1. The van der Waals surface area contributed by atoms with E-state index in [2.05, 4.69) is 5.32 Å². The number of ether oxygens (including phenoxy) is 1. The number of nitrogens with two attached hydrogens (primary N) is 1. The molecular weight excluding hydrogens is 352 g/mol. The third kappa shape index (κ3) is 4.70. The SMILES string of the molecule is [2H]C([2H])([2H])Oc1ccc(Cl)cc1C(=O)NCCc1ccc(S(N)(=O)=O)cc1. The minimum Gasteiger partial charge on any atom is -0.496 e. The summed E-state index contributed by atoms with van der Waals surface area (Å²) in [5.74, 6) is -0.646. The molecule has 8 heteroatoms. The van der Waals surface area contributed by atoms with Crippen molar-refractivity contribution in [2.24, 2.45) is 5.14 Å². The van der Waals surface area contributed by atoms with Crippen LogP contribution < -0.4 is 15.2 Å². The van der Waals surface area contributed by atoms with E-state index in [0.29, 0.717) is 6.42 Å². The molecule has 0 aromatic heterocycles. The fourth-order valence-corrected chi connectivity index (χ4v) is 2.72. The molecule has 1 amide bonds. The number of rotatable bonds is 6. The Labute approximate surface area is 149 Å². The van der Waals surface area contributed by atoms with Crippen LogP contribution in [0.4, 0.5) is 0 Å². The van der Waals surface area contributed by atoms with Gasteiger partial charge in [0.05, 0.1) is 21.6 Å². The quantitative estimate of drug-likeness (QED) is 0.810. The molecule has 2 aromatic rings. The lowest BCUT2D eigenvalue weighted by Crippen LogP contribution is -2.26. The zero-order valence-electron chi connectivity index (χ0n) is 15.5. The van der Waals surface area contributed by atoms with E-state index in [0.717, 1.165) is 5.56 Å². The van der Waals surface area contributed by atoms with Crippen LogP contribution in [0.2, 0.25) is 5.02 Å². The normalized spacial score (nSPS) is 13.5. The van der Waals surface area contributed by atoms with Crippen molar-refractivity contribution in [3.05, 3.63) is 58.6 Å². The first-order valence-corrected chi connectivity index (χ1v) is 8.77. The third-order valence-corrected chi connectivity index (χ3v) is 4.41. The summed E-state index contributed by atoms with van der Waals surface area (Å²) >= 11 is 5.88. The van der Waals surface area contributed by atoms with Crippen molar-refractivity contribution in [2.75, 3.05) is 13.6 Å². The van der Waals surface area contributed by atoms with Crippen molar-refractivity contribution in [3.8, 4) is 5.75 Å². The summed E-state index contributed by atoms with van der Waals surface area (Å²) in [5, 5.41) is 7.94. The van der Waals surface area contributed by atoms with E-state index < -0.39 is 23.0 Å². The van der Waals surface area contributed by atoms with Gasteiger partial charge in [0.2, 0.25) is 10.0 Å². The summed E-state index contributed by atoms with van der Waals surface area (Å²) in [6, 6.07) is 10.0. The maximum absolute atomic E-state index is 12.4. The molecule has 3 N–H and O–H groups in total. The fourth-order valence-electron chi connectivity index (χ4n) is 2.03. The van der Waals surface area contributed by atoms with Crippen LogP contribution in [0.5, 0.6) is 5.75 Å². The maximum Gasteiger partial charge on any atom is 0.255 e. The Morgan fingerprint density at radius 2 is 2.00 bits per heavy atom. The third-order valence-electron chi connectivity index (χ3n) is 3.25. The highest BCUT2D eigenvalue weighted by Crippen LogP contribution is 2.22. The minimum atomic E-state index is -3.76. The summed E-state index contributed by atoms with van der Waals surface area (Å²) in [4.78, 5) is 12.4. The first-order valence-electron chi connectivity index (χ1n) is 8.34. The van der Waals surface area contributed by atoms with Crippen molar-refractivity contribution < 1.29 is 22.1 Å². The Morgan fingerprint density at radius 1 is 1.29 bits per heavy atom. The van der Waals surface area contributed by atoms with E-state index in [1.54, 1.807) is 12.1 Å². The number of nitrogens with one attached hydrogen (secondary N) is 1. The Kier molecular flexibility index (Phi) is 4.55. The summed E-state index contributed by atoms with van der Waals surface area (Å²) in [5.41, 5.74) is 0.788. The Bertz CT molecular complexity index is 932. The number of methoxy groups -OCH3 is 1. The number of hydrogen-bond acceptors (Lipinski definition) is 4. The van der Waals surface area contributed by atoms with E-state index in [9.17, 15) is 13.2 Å². The van der Waals surface area contributed by atoms with E-state index in [4.69, 9.17) is 25.6 Å². The predicted octanol–water partition coefficient (Wildman–Crippen LogP) is 1.97. The molecule has 0 heterocycles. The number of carbonyl (C=O) groups excluding carboxylic acids is 1. The number of carbonyl (C=O) groups is 1. The Morgan fingerprint density at radius 3 is 2.62 bits per heavy atom. The summed E-state index contributed by atoms with van der Waals surface area (Å²) in [7, 11) is -6.46. The molecule has 0 radical (unpaired) electrons. The van der Waals surface area contributed by atoms with Crippen LogP contribution in [-0.2, 0) is 16.4 Å². The first-order chi connectivity index (χ1) is 12.5. The highest BCUT2D eigenvalue weighted by Gasteiger charge is 2.12. The molecule has 0 saturated heterocycles. The molecule has 2 rings (SSSR count). The average Bonchev–Trinajstić information content (AvgIpc) is 2.55. The molecule has 128 valence electrons. The minimum absolute atomic E-state index is 0.000619. The highest BCUT2D eigenvalue weighted by atomic mass is 35.5. The maximum atomic E-state index is 12.4. The van der Waals surface area contributed by atoms with Gasteiger partial charge in [-0.25, -0.2) is 13.6 Å². The summed E-state index contributed by atoms with van der Waals surface area (Å²) < 4.78 is 48.8. The van der Waals surface area contributed by atoms with Gasteiger partial charge in [0.15, 0.2) is 0 Å². The molecule has 0 aliphatic rings. The molecule has 0 aliphatic carbocycles. The second-order valence-corrected chi connectivity index (χ2v) is 6.94. The van der Waals surface area contributed by atoms with Crippen LogP contribution in [-0.4, -0.2) is 27.9 Å². The van der Waals surface area contributed by atoms with Crippen LogP contribution in [0.15, 0.2) is 47.4 Å². The van der Waals surface area contributed by atoms with Crippen molar-refractivity contribution in [1.82, 2.24) is 5.32 Å². The van der Waals surface area contributed by atoms with E-state index in [-0.39, 0.29) is 27.8 Å². The van der Waals surface area contributed by atoms with Gasteiger partial charge in [-0.05, 0) is 42.3 Å². The van der Waals surface area contributed by atoms with Crippen molar-refractivity contribution in [1.29, 1.82) is 0 Å². The van der Waals surface area contributed by atoms with Crippen LogP contribution in [0.1, 0.15) is 20.0 Å². The molecule has 6 nitrogen and oxygen atoms in total. The van der Waals surface area contributed by atoms with Gasteiger partial charge in [0.25, 0.3) is 5.91 Å². The fraction of sp³-hybridized carbons (Fsp3) is 0.188. The molecule has 0 aliphatic heterocycles. The Hall–Kier alpha value is -2.09. The molecule has 0 bridgehead atoms. The summed E-state index contributed by atoms with van der Waals surface area (Å²) in [6.45, 7) is 0.229. The van der Waals surface area contributed by atoms with E-state index in [1.165, 1.54) is 30.3 Å². The van der Waals surface area contributed by atoms with Crippen LogP contribution in [0, 0.1) is 0 Å². The first kappa shape index (κ1) is 14.3. The van der Waals surface area contributed by atoms with Gasteiger partial charge in [0, 0.05) is 11.6 Å². The molecule has 0 spiro atoms. The van der Waals surface area contributed by atoms with Crippen LogP contribution in [0.3, 0.4) is 0 Å².